The van der Waals surface area contributed by atoms with Crippen LogP contribution < -0.4 is 15.1 Å². The molecule has 0 saturated heterocycles. The van der Waals surface area contributed by atoms with Gasteiger partial charge in [0.15, 0.2) is 5.75 Å². The molecule has 0 atom stereocenters. The van der Waals surface area contributed by atoms with Gasteiger partial charge in [-0.1, -0.05) is 19.1 Å². The van der Waals surface area contributed by atoms with Crippen molar-refractivity contribution in [1.29, 1.82) is 0 Å². The first-order chi connectivity index (χ1) is 10.6. The van der Waals surface area contributed by atoms with Crippen LogP contribution >= 0.6 is 0 Å². The number of rotatable bonds is 7. The van der Waals surface area contributed by atoms with Gasteiger partial charge in [-0.15, -0.1) is 0 Å². The number of hydrogen-bond donors (Lipinski definition) is 2. The second-order valence-corrected chi connectivity index (χ2v) is 5.03. The van der Waals surface area contributed by atoms with Gasteiger partial charge in [-0.3, -0.25) is 4.68 Å². The number of aryl methyl sites for hydroxylation is 2. The highest BCUT2D eigenvalue weighted by atomic mass is 16.5. The van der Waals surface area contributed by atoms with Crippen molar-refractivity contribution in [2.75, 3.05) is 7.11 Å². The van der Waals surface area contributed by atoms with E-state index in [1.165, 1.54) is 0 Å². The van der Waals surface area contributed by atoms with Gasteiger partial charge in [0.1, 0.15) is 23.6 Å². The molecule has 0 aliphatic carbocycles. The van der Waals surface area contributed by atoms with Gasteiger partial charge in [-0.2, -0.15) is 5.10 Å². The van der Waals surface area contributed by atoms with Crippen LogP contribution in [0.25, 0.3) is 0 Å². The maximum Gasteiger partial charge on any atom is 0.511 e. The van der Waals surface area contributed by atoms with E-state index in [-0.39, 0.29) is 0 Å². The molecule has 0 radical (unpaired) electrons. The molecule has 0 spiro atoms. The Balaban J connectivity index is 2.17. The summed E-state index contributed by atoms with van der Waals surface area (Å²) in [6.45, 7) is 4.73. The predicted octanol–water partition coefficient (Wildman–Crippen LogP) is 0.869. The molecule has 0 bridgehead atoms. The van der Waals surface area contributed by atoms with E-state index in [4.69, 9.17) is 9.47 Å². The number of aromatic nitrogens is 2. The largest absolute Gasteiger partial charge is 0.511 e. The maximum absolute atomic E-state index is 9.59. The van der Waals surface area contributed by atoms with Crippen LogP contribution in [0.4, 0.5) is 0 Å². The summed E-state index contributed by atoms with van der Waals surface area (Å²) in [5.41, 5.74) is 1.90. The summed E-state index contributed by atoms with van der Waals surface area (Å²) < 4.78 is 12.5. The van der Waals surface area contributed by atoms with Gasteiger partial charge in [0.2, 0.25) is 0 Å². The number of methoxy groups -OCH3 is 1. The molecule has 0 aliphatic heterocycles. The number of benzene rings is 1. The van der Waals surface area contributed by atoms with E-state index in [9.17, 15) is 10.0 Å². The SMILES string of the molecule is CCCn1nc(C)c(OCc2ccc(OC)cc2)c1B(O)O. The van der Waals surface area contributed by atoms with Crippen LogP contribution in [0.15, 0.2) is 24.3 Å². The van der Waals surface area contributed by atoms with Gasteiger partial charge in [-0.25, -0.2) is 0 Å². The lowest BCUT2D eigenvalue weighted by molar-refractivity contribution is 0.304. The van der Waals surface area contributed by atoms with Crippen molar-refractivity contribution < 1.29 is 19.5 Å². The summed E-state index contributed by atoms with van der Waals surface area (Å²) in [5, 5.41) is 23.5. The molecule has 22 heavy (non-hydrogen) atoms. The highest BCUT2D eigenvalue weighted by Gasteiger charge is 2.26. The van der Waals surface area contributed by atoms with Crippen molar-refractivity contribution in [2.45, 2.75) is 33.4 Å². The van der Waals surface area contributed by atoms with Gasteiger partial charge >= 0.3 is 7.12 Å². The molecule has 7 heteroatoms. The molecule has 2 N–H and O–H groups in total. The van der Waals surface area contributed by atoms with E-state index >= 15 is 0 Å². The summed E-state index contributed by atoms with van der Waals surface area (Å²) in [6.07, 6.45) is 0.846. The average Bonchev–Trinajstić information content (AvgIpc) is 2.82. The Morgan fingerprint density at radius 2 is 1.91 bits per heavy atom. The molecule has 1 aromatic heterocycles. The molecule has 0 aliphatic rings. The van der Waals surface area contributed by atoms with Crippen LogP contribution in [0.5, 0.6) is 11.5 Å². The van der Waals surface area contributed by atoms with E-state index in [1.807, 2.05) is 31.2 Å². The fourth-order valence-electron chi connectivity index (χ4n) is 2.27. The van der Waals surface area contributed by atoms with Gasteiger partial charge in [-0.05, 0) is 31.0 Å². The monoisotopic (exact) mass is 304 g/mol. The molecule has 0 unspecified atom stereocenters. The second-order valence-electron chi connectivity index (χ2n) is 5.03. The standard InChI is InChI=1S/C15H21BN2O4/c1-4-9-18-15(16(19)20)14(11(2)17-18)22-10-12-5-7-13(21-3)8-6-12/h5-8,19-20H,4,9-10H2,1-3H3. The van der Waals surface area contributed by atoms with Crippen LogP contribution in [0.2, 0.25) is 0 Å². The van der Waals surface area contributed by atoms with Crippen LogP contribution in [-0.4, -0.2) is 34.1 Å². The highest BCUT2D eigenvalue weighted by molar-refractivity contribution is 6.58. The molecule has 6 nitrogen and oxygen atoms in total. The fraction of sp³-hybridized carbons (Fsp3) is 0.400. The van der Waals surface area contributed by atoms with Crippen molar-refractivity contribution in [3.63, 3.8) is 0 Å². The van der Waals surface area contributed by atoms with Crippen molar-refractivity contribution in [3.8, 4) is 11.5 Å². The molecule has 118 valence electrons. The number of ether oxygens (including phenoxy) is 2. The molecule has 0 saturated carbocycles. The minimum atomic E-state index is -1.61. The van der Waals surface area contributed by atoms with Crippen molar-refractivity contribution in [2.24, 2.45) is 0 Å². The Kier molecular flexibility index (Phi) is 5.46. The zero-order chi connectivity index (χ0) is 16.1. The maximum atomic E-state index is 9.59. The van der Waals surface area contributed by atoms with Crippen molar-refractivity contribution in [3.05, 3.63) is 35.5 Å². The third-order valence-corrected chi connectivity index (χ3v) is 3.33. The summed E-state index contributed by atoms with van der Waals surface area (Å²) in [5.74, 6) is 1.21. The Morgan fingerprint density at radius 3 is 2.45 bits per heavy atom. The lowest BCUT2D eigenvalue weighted by Crippen LogP contribution is -2.37. The van der Waals surface area contributed by atoms with E-state index in [0.717, 1.165) is 17.7 Å². The first-order valence-corrected chi connectivity index (χ1v) is 7.26. The molecule has 0 fully saturated rings. The third kappa shape index (κ3) is 3.61. The molecule has 1 aromatic carbocycles. The lowest BCUT2D eigenvalue weighted by Gasteiger charge is -2.10. The minimum Gasteiger partial charge on any atom is -0.497 e. The molecule has 2 rings (SSSR count). The van der Waals surface area contributed by atoms with E-state index < -0.39 is 7.12 Å². The summed E-state index contributed by atoms with van der Waals surface area (Å²) in [4.78, 5) is 0. The fourth-order valence-corrected chi connectivity index (χ4v) is 2.27. The highest BCUT2D eigenvalue weighted by Crippen LogP contribution is 2.18. The first-order valence-electron chi connectivity index (χ1n) is 7.26. The van der Waals surface area contributed by atoms with Gasteiger partial charge in [0, 0.05) is 6.54 Å². The van der Waals surface area contributed by atoms with E-state index in [2.05, 4.69) is 5.10 Å². The normalized spacial score (nSPS) is 10.6. The Labute approximate surface area is 130 Å². The topological polar surface area (TPSA) is 76.7 Å². The number of hydrogen-bond acceptors (Lipinski definition) is 5. The number of nitrogens with zero attached hydrogens (tertiary/aromatic N) is 2. The van der Waals surface area contributed by atoms with Crippen LogP contribution in [0.3, 0.4) is 0 Å². The van der Waals surface area contributed by atoms with Crippen molar-refractivity contribution >= 4 is 12.7 Å². The summed E-state index contributed by atoms with van der Waals surface area (Å²) in [7, 11) is 0.00457. The second kappa shape index (κ2) is 7.33. The molecular formula is C15H21BN2O4. The summed E-state index contributed by atoms with van der Waals surface area (Å²) in [6, 6.07) is 7.51. The Bertz CT molecular complexity index is 611. The zero-order valence-corrected chi connectivity index (χ0v) is 13.1. The minimum absolute atomic E-state index is 0.299. The van der Waals surface area contributed by atoms with Gasteiger partial charge in [0.05, 0.1) is 7.11 Å². The van der Waals surface area contributed by atoms with Crippen LogP contribution in [0, 0.1) is 6.92 Å². The van der Waals surface area contributed by atoms with E-state index in [0.29, 0.717) is 30.2 Å². The average molecular weight is 304 g/mol. The first kappa shape index (κ1) is 16.4. The third-order valence-electron chi connectivity index (χ3n) is 3.33. The molecule has 2 aromatic rings. The quantitative estimate of drug-likeness (QED) is 0.742. The molecule has 1 heterocycles. The van der Waals surface area contributed by atoms with Gasteiger partial charge < -0.3 is 19.5 Å². The lowest BCUT2D eigenvalue weighted by atomic mass is 9.85. The van der Waals surface area contributed by atoms with Crippen molar-refractivity contribution in [1.82, 2.24) is 9.78 Å². The molecular weight excluding hydrogens is 283 g/mol. The van der Waals surface area contributed by atoms with Gasteiger partial charge in [0.25, 0.3) is 0 Å². The van der Waals surface area contributed by atoms with Crippen LogP contribution in [-0.2, 0) is 13.2 Å². The molecule has 0 amide bonds. The van der Waals surface area contributed by atoms with Crippen LogP contribution in [0.1, 0.15) is 24.6 Å². The Hall–Kier alpha value is -1.99. The van der Waals surface area contributed by atoms with E-state index in [1.54, 1.807) is 18.7 Å². The Morgan fingerprint density at radius 1 is 1.23 bits per heavy atom. The predicted molar refractivity (Wildman–Crippen MR) is 84.4 cm³/mol. The smallest absolute Gasteiger partial charge is 0.497 e. The summed E-state index contributed by atoms with van der Waals surface area (Å²) >= 11 is 0. The zero-order valence-electron chi connectivity index (χ0n) is 13.1.